The Morgan fingerprint density at radius 2 is 1.94 bits per heavy atom. The fraction of sp³-hybridized carbons (Fsp3) is 0.478. The SMILES string of the molecule is Cc1ccn(C2CCNCC2)c(=O)c1C(=O)NCC1CCN(c2cccc(Cl)c2)C1.Cl.Cl. The highest BCUT2D eigenvalue weighted by atomic mass is 35.5. The molecule has 0 saturated carbocycles. The van der Waals surface area contributed by atoms with Crippen LogP contribution in [0, 0.1) is 12.8 Å². The van der Waals surface area contributed by atoms with Crippen LogP contribution in [0.3, 0.4) is 0 Å². The standard InChI is InChI=1S/C23H29ClN4O2.2ClH/c1-16-7-12-28(19-5-9-25-10-6-19)23(30)21(16)22(29)26-14-17-8-11-27(15-17)20-4-2-3-18(24)13-20;;/h2-4,7,12-13,17,19,25H,5-6,8-11,14-15H2,1H3,(H,26,29);2*1H. The van der Waals surface area contributed by atoms with E-state index in [1.54, 1.807) is 4.57 Å². The first kappa shape index (κ1) is 26.5. The van der Waals surface area contributed by atoms with Gasteiger partial charge in [0.1, 0.15) is 5.56 Å². The lowest BCUT2D eigenvalue weighted by atomic mass is 10.0. The highest BCUT2D eigenvalue weighted by Crippen LogP contribution is 2.26. The van der Waals surface area contributed by atoms with Crippen molar-refractivity contribution in [2.45, 2.75) is 32.2 Å². The first-order valence-corrected chi connectivity index (χ1v) is 11.1. The molecule has 2 aliphatic rings. The second kappa shape index (κ2) is 11.9. The highest BCUT2D eigenvalue weighted by molar-refractivity contribution is 6.30. The molecule has 1 amide bonds. The Morgan fingerprint density at radius 1 is 1.19 bits per heavy atom. The highest BCUT2D eigenvalue weighted by Gasteiger charge is 2.25. The number of carbonyl (C=O) groups excluding carboxylic acids is 1. The Labute approximate surface area is 206 Å². The summed E-state index contributed by atoms with van der Waals surface area (Å²) < 4.78 is 1.75. The molecule has 0 bridgehead atoms. The summed E-state index contributed by atoms with van der Waals surface area (Å²) in [6.45, 7) is 6.01. The number of carbonyl (C=O) groups is 1. The molecule has 3 heterocycles. The van der Waals surface area contributed by atoms with Crippen LogP contribution in [0.2, 0.25) is 5.02 Å². The average molecular weight is 502 g/mol. The maximum absolute atomic E-state index is 13.1. The lowest BCUT2D eigenvalue weighted by Gasteiger charge is -2.25. The molecule has 2 fully saturated rings. The molecule has 1 unspecified atom stereocenters. The van der Waals surface area contributed by atoms with Crippen molar-refractivity contribution in [3.8, 4) is 0 Å². The zero-order valence-electron chi connectivity index (χ0n) is 18.2. The Hall–Kier alpha value is -1.73. The van der Waals surface area contributed by atoms with Crippen molar-refractivity contribution in [2.75, 3.05) is 37.6 Å². The second-order valence-electron chi connectivity index (χ2n) is 8.36. The Morgan fingerprint density at radius 3 is 2.66 bits per heavy atom. The minimum Gasteiger partial charge on any atom is -0.371 e. The van der Waals surface area contributed by atoms with Gasteiger partial charge in [-0.05, 0) is 75.0 Å². The number of piperidine rings is 1. The van der Waals surface area contributed by atoms with Crippen LogP contribution in [0.25, 0.3) is 0 Å². The maximum Gasteiger partial charge on any atom is 0.263 e. The van der Waals surface area contributed by atoms with Crippen molar-refractivity contribution in [3.63, 3.8) is 0 Å². The van der Waals surface area contributed by atoms with Gasteiger partial charge in [0, 0.05) is 42.6 Å². The lowest BCUT2D eigenvalue weighted by molar-refractivity contribution is 0.0945. The third-order valence-electron chi connectivity index (χ3n) is 6.27. The van der Waals surface area contributed by atoms with Gasteiger partial charge in [-0.1, -0.05) is 17.7 Å². The van der Waals surface area contributed by atoms with E-state index in [1.807, 2.05) is 37.4 Å². The van der Waals surface area contributed by atoms with Crippen molar-refractivity contribution in [1.82, 2.24) is 15.2 Å². The van der Waals surface area contributed by atoms with Crippen LogP contribution in [0.15, 0.2) is 41.3 Å². The number of aromatic nitrogens is 1. The molecule has 176 valence electrons. The zero-order valence-corrected chi connectivity index (χ0v) is 20.6. The molecule has 0 aliphatic carbocycles. The third-order valence-corrected chi connectivity index (χ3v) is 6.50. The predicted octanol–water partition coefficient (Wildman–Crippen LogP) is 3.83. The van der Waals surface area contributed by atoms with E-state index < -0.39 is 0 Å². The van der Waals surface area contributed by atoms with Crippen LogP contribution < -0.4 is 21.1 Å². The summed E-state index contributed by atoms with van der Waals surface area (Å²) in [6.07, 6.45) is 4.65. The van der Waals surface area contributed by atoms with E-state index in [-0.39, 0.29) is 47.9 Å². The fourth-order valence-corrected chi connectivity index (χ4v) is 4.71. The summed E-state index contributed by atoms with van der Waals surface area (Å²) in [5.41, 5.74) is 1.95. The summed E-state index contributed by atoms with van der Waals surface area (Å²) in [5, 5.41) is 7.07. The number of anilines is 1. The van der Waals surface area contributed by atoms with Crippen molar-refractivity contribution in [1.29, 1.82) is 0 Å². The van der Waals surface area contributed by atoms with Gasteiger partial charge in [0.2, 0.25) is 0 Å². The first-order valence-electron chi connectivity index (χ1n) is 10.7. The van der Waals surface area contributed by atoms with Crippen molar-refractivity contribution in [2.24, 2.45) is 5.92 Å². The fourth-order valence-electron chi connectivity index (χ4n) is 4.52. The zero-order chi connectivity index (χ0) is 21.1. The van der Waals surface area contributed by atoms with Gasteiger partial charge in [0.15, 0.2) is 0 Å². The molecule has 2 saturated heterocycles. The summed E-state index contributed by atoms with van der Waals surface area (Å²) in [6, 6.07) is 9.90. The normalized spacial score (nSPS) is 18.6. The molecule has 32 heavy (non-hydrogen) atoms. The molecule has 2 aromatic rings. The molecular weight excluding hydrogens is 471 g/mol. The molecule has 6 nitrogen and oxygen atoms in total. The van der Waals surface area contributed by atoms with Crippen LogP contribution in [0.5, 0.6) is 0 Å². The van der Waals surface area contributed by atoms with Crippen molar-refractivity contribution in [3.05, 3.63) is 63.0 Å². The van der Waals surface area contributed by atoms with E-state index in [2.05, 4.69) is 21.6 Å². The van der Waals surface area contributed by atoms with E-state index in [0.717, 1.165) is 61.7 Å². The van der Waals surface area contributed by atoms with Crippen LogP contribution in [0.4, 0.5) is 5.69 Å². The summed E-state index contributed by atoms with van der Waals surface area (Å²) >= 11 is 6.11. The van der Waals surface area contributed by atoms with Crippen LogP contribution in [-0.4, -0.2) is 43.2 Å². The number of aryl methyl sites for hydroxylation is 1. The van der Waals surface area contributed by atoms with Gasteiger partial charge in [-0.15, -0.1) is 24.8 Å². The largest absolute Gasteiger partial charge is 0.371 e. The maximum atomic E-state index is 13.1. The quantitative estimate of drug-likeness (QED) is 0.653. The van der Waals surface area contributed by atoms with Crippen LogP contribution in [-0.2, 0) is 0 Å². The molecular formula is C23H31Cl3N4O2. The van der Waals surface area contributed by atoms with Gasteiger partial charge in [0.25, 0.3) is 11.5 Å². The first-order chi connectivity index (χ1) is 14.5. The minimum atomic E-state index is -0.262. The van der Waals surface area contributed by atoms with Crippen LogP contribution >= 0.6 is 36.4 Å². The van der Waals surface area contributed by atoms with E-state index in [0.29, 0.717) is 12.5 Å². The number of nitrogens with one attached hydrogen (secondary N) is 2. The molecule has 9 heteroatoms. The monoisotopic (exact) mass is 500 g/mol. The second-order valence-corrected chi connectivity index (χ2v) is 8.79. The predicted molar refractivity (Wildman–Crippen MR) is 135 cm³/mol. The van der Waals surface area contributed by atoms with Gasteiger partial charge in [-0.2, -0.15) is 0 Å². The van der Waals surface area contributed by atoms with Crippen molar-refractivity contribution >= 4 is 48.0 Å². The Kier molecular flexibility index (Phi) is 9.89. The van der Waals surface area contributed by atoms with Gasteiger partial charge < -0.3 is 20.1 Å². The van der Waals surface area contributed by atoms with Gasteiger partial charge >= 0.3 is 0 Å². The van der Waals surface area contributed by atoms with Crippen molar-refractivity contribution < 1.29 is 4.79 Å². The summed E-state index contributed by atoms with van der Waals surface area (Å²) in [5.74, 6) is 0.0885. The van der Waals surface area contributed by atoms with Gasteiger partial charge in [-0.3, -0.25) is 9.59 Å². The topological polar surface area (TPSA) is 66.4 Å². The molecule has 1 aromatic carbocycles. The minimum absolute atomic E-state index is 0. The number of nitrogens with zero attached hydrogens (tertiary/aromatic N) is 2. The third kappa shape index (κ3) is 5.98. The smallest absolute Gasteiger partial charge is 0.263 e. The number of hydrogen-bond acceptors (Lipinski definition) is 4. The molecule has 1 aromatic heterocycles. The molecule has 0 radical (unpaired) electrons. The molecule has 1 atom stereocenters. The molecule has 2 aliphatic heterocycles. The van der Waals surface area contributed by atoms with Crippen LogP contribution in [0.1, 0.15) is 41.2 Å². The molecule has 2 N–H and O–H groups in total. The number of hydrogen-bond donors (Lipinski definition) is 2. The molecule has 4 rings (SSSR count). The average Bonchev–Trinajstić information content (AvgIpc) is 3.22. The van der Waals surface area contributed by atoms with E-state index in [4.69, 9.17) is 11.6 Å². The lowest BCUT2D eigenvalue weighted by Crippen LogP contribution is -2.39. The number of pyridine rings is 1. The Bertz CT molecular complexity index is 976. The van der Waals surface area contributed by atoms with E-state index in [9.17, 15) is 9.59 Å². The summed E-state index contributed by atoms with van der Waals surface area (Å²) in [7, 11) is 0. The van der Waals surface area contributed by atoms with Gasteiger partial charge in [0.05, 0.1) is 0 Å². The number of amides is 1. The van der Waals surface area contributed by atoms with Gasteiger partial charge in [-0.25, -0.2) is 0 Å². The Balaban J connectivity index is 0.00000181. The van der Waals surface area contributed by atoms with E-state index in [1.165, 1.54) is 0 Å². The number of rotatable bonds is 5. The number of benzene rings is 1. The van der Waals surface area contributed by atoms with E-state index >= 15 is 0 Å². The molecule has 0 spiro atoms. The summed E-state index contributed by atoms with van der Waals surface area (Å²) in [4.78, 5) is 28.3. The number of halogens is 3.